The Hall–Kier alpha value is -2.86. The van der Waals surface area contributed by atoms with Crippen molar-refractivity contribution in [3.8, 4) is 12.5 Å². The summed E-state index contributed by atoms with van der Waals surface area (Å²) in [4.78, 5) is 0. The fourth-order valence-electron chi connectivity index (χ4n) is 1.57. The Bertz CT molecular complexity index is 561. The molecule has 0 fully saturated rings. The second-order valence-electron chi connectivity index (χ2n) is 3.67. The van der Waals surface area contributed by atoms with E-state index in [0.717, 1.165) is 0 Å². The van der Waals surface area contributed by atoms with Crippen LogP contribution in [0.2, 0.25) is 0 Å². The molecule has 2 rings (SSSR count). The molecule has 0 aliphatic rings. The molecule has 2 aromatic heterocycles. The lowest BCUT2D eigenvalue weighted by molar-refractivity contribution is 0.222. The monoisotopic (exact) mass is 258 g/mol. The number of ether oxygens (including phenoxy) is 2. The van der Waals surface area contributed by atoms with E-state index in [0.29, 0.717) is 29.5 Å². The average Bonchev–Trinajstić information content (AvgIpc) is 3.04. The van der Waals surface area contributed by atoms with Crippen molar-refractivity contribution in [1.82, 2.24) is 0 Å². The van der Waals surface area contributed by atoms with Crippen LogP contribution in [0.5, 0.6) is 0 Å². The molecule has 0 bridgehead atoms. The highest BCUT2D eigenvalue weighted by Gasteiger charge is 2.08. The highest BCUT2D eigenvalue weighted by atomic mass is 16.5. The minimum absolute atomic E-state index is 0.121. The van der Waals surface area contributed by atoms with Gasteiger partial charge in [-0.3, -0.25) is 0 Å². The third kappa shape index (κ3) is 3.55. The van der Waals surface area contributed by atoms with Gasteiger partial charge in [-0.1, -0.05) is 0 Å². The number of furan rings is 2. The predicted molar refractivity (Wildman–Crippen MR) is 61.0 cm³/mol. The Morgan fingerprint density at radius 1 is 0.789 bits per heavy atom. The molecule has 0 aliphatic carbocycles. The standard InChI is InChI=1S/C13H10N2O4/c14-8-16-6-12-3-1-10(18-12)5-11-2-4-13(19-11)7-17-9-15/h1-4H,5-7H2. The molecular formula is C13H10N2O4. The van der Waals surface area contributed by atoms with E-state index < -0.39 is 0 Å². The van der Waals surface area contributed by atoms with E-state index in [1.807, 2.05) is 0 Å². The molecule has 19 heavy (non-hydrogen) atoms. The molecule has 0 amide bonds. The van der Waals surface area contributed by atoms with Crippen LogP contribution in [0.4, 0.5) is 0 Å². The SMILES string of the molecule is N#COCc1ccc(Cc2ccc(COC#N)o2)o1. The molecule has 6 heteroatoms. The van der Waals surface area contributed by atoms with Gasteiger partial charge in [0.05, 0.1) is 6.42 Å². The van der Waals surface area contributed by atoms with Crippen LogP contribution < -0.4 is 0 Å². The smallest absolute Gasteiger partial charge is 0.286 e. The van der Waals surface area contributed by atoms with Gasteiger partial charge in [-0.15, -0.1) is 0 Å². The molecule has 0 saturated heterocycles. The van der Waals surface area contributed by atoms with Crippen LogP contribution >= 0.6 is 0 Å². The zero-order valence-corrected chi connectivity index (χ0v) is 9.96. The summed E-state index contributed by atoms with van der Waals surface area (Å²) in [7, 11) is 0. The second-order valence-corrected chi connectivity index (χ2v) is 3.67. The molecule has 0 N–H and O–H groups in total. The quantitative estimate of drug-likeness (QED) is 0.739. The maximum atomic E-state index is 8.28. The molecule has 0 spiro atoms. The van der Waals surface area contributed by atoms with E-state index >= 15 is 0 Å². The summed E-state index contributed by atoms with van der Waals surface area (Å²) >= 11 is 0. The molecule has 96 valence electrons. The number of nitrogens with zero attached hydrogens (tertiary/aromatic N) is 2. The minimum atomic E-state index is 0.121. The van der Waals surface area contributed by atoms with E-state index in [2.05, 4.69) is 9.47 Å². The summed E-state index contributed by atoms with van der Waals surface area (Å²) in [6.45, 7) is 0.242. The Balaban J connectivity index is 1.93. The largest absolute Gasteiger partial charge is 0.462 e. The number of nitriles is 2. The fraction of sp³-hybridized carbons (Fsp3) is 0.231. The van der Waals surface area contributed by atoms with E-state index in [1.54, 1.807) is 36.8 Å². The van der Waals surface area contributed by atoms with Crippen molar-refractivity contribution in [1.29, 1.82) is 10.5 Å². The van der Waals surface area contributed by atoms with E-state index in [4.69, 9.17) is 19.4 Å². The lowest BCUT2D eigenvalue weighted by Gasteiger charge is -1.95. The minimum Gasteiger partial charge on any atom is -0.462 e. The number of hydrogen-bond acceptors (Lipinski definition) is 6. The van der Waals surface area contributed by atoms with Crippen LogP contribution in [0.1, 0.15) is 23.0 Å². The zero-order chi connectivity index (χ0) is 13.5. The third-order valence-electron chi connectivity index (χ3n) is 2.34. The van der Waals surface area contributed by atoms with E-state index in [-0.39, 0.29) is 13.2 Å². The van der Waals surface area contributed by atoms with Gasteiger partial charge in [0.2, 0.25) is 0 Å². The Labute approximate surface area is 109 Å². The van der Waals surface area contributed by atoms with Crippen LogP contribution in [0.25, 0.3) is 0 Å². The van der Waals surface area contributed by atoms with Gasteiger partial charge in [-0.05, 0) is 24.3 Å². The van der Waals surface area contributed by atoms with Gasteiger partial charge in [-0.2, -0.15) is 10.5 Å². The molecule has 0 atom stereocenters. The van der Waals surface area contributed by atoms with Crippen molar-refractivity contribution in [2.75, 3.05) is 0 Å². The first kappa shape index (κ1) is 12.6. The molecule has 6 nitrogen and oxygen atoms in total. The van der Waals surface area contributed by atoms with Gasteiger partial charge in [0.25, 0.3) is 12.5 Å². The van der Waals surface area contributed by atoms with Crippen molar-refractivity contribution in [3.05, 3.63) is 47.3 Å². The van der Waals surface area contributed by atoms with Gasteiger partial charge in [0, 0.05) is 0 Å². The summed E-state index contributed by atoms with van der Waals surface area (Å²) in [6, 6.07) is 7.08. The third-order valence-corrected chi connectivity index (χ3v) is 2.34. The predicted octanol–water partition coefficient (Wildman–Crippen LogP) is 2.46. The highest BCUT2D eigenvalue weighted by Crippen LogP contribution is 2.16. The van der Waals surface area contributed by atoms with Crippen LogP contribution in [0.15, 0.2) is 33.1 Å². The fourth-order valence-corrected chi connectivity index (χ4v) is 1.57. The Morgan fingerprint density at radius 2 is 1.21 bits per heavy atom. The second kappa shape index (κ2) is 6.18. The number of hydrogen-bond donors (Lipinski definition) is 0. The highest BCUT2D eigenvalue weighted by molar-refractivity contribution is 5.15. The lowest BCUT2D eigenvalue weighted by atomic mass is 10.3. The van der Waals surface area contributed by atoms with Gasteiger partial charge in [-0.25, -0.2) is 0 Å². The van der Waals surface area contributed by atoms with Crippen LogP contribution in [-0.2, 0) is 29.1 Å². The summed E-state index contributed by atoms with van der Waals surface area (Å²) in [5.74, 6) is 2.57. The first-order chi connectivity index (χ1) is 9.31. The summed E-state index contributed by atoms with van der Waals surface area (Å²) in [5.41, 5.74) is 0. The molecule has 0 radical (unpaired) electrons. The maximum Gasteiger partial charge on any atom is 0.286 e. The van der Waals surface area contributed by atoms with Crippen LogP contribution in [0, 0.1) is 23.0 Å². The number of rotatable bonds is 6. The maximum absolute atomic E-state index is 8.28. The van der Waals surface area contributed by atoms with Crippen molar-refractivity contribution in [3.63, 3.8) is 0 Å². The average molecular weight is 258 g/mol. The topological polar surface area (TPSA) is 92.3 Å². The molecule has 0 aromatic carbocycles. The van der Waals surface area contributed by atoms with E-state index in [1.165, 1.54) is 0 Å². The van der Waals surface area contributed by atoms with Gasteiger partial charge >= 0.3 is 0 Å². The first-order valence-electron chi connectivity index (χ1n) is 5.48. The molecular weight excluding hydrogens is 248 g/mol. The molecule has 2 aromatic rings. The molecule has 2 heterocycles. The van der Waals surface area contributed by atoms with Gasteiger partial charge in [0.15, 0.2) is 13.2 Å². The lowest BCUT2D eigenvalue weighted by Crippen LogP contribution is -1.85. The normalized spacial score (nSPS) is 9.58. The van der Waals surface area contributed by atoms with E-state index in [9.17, 15) is 0 Å². The molecule has 0 saturated carbocycles. The summed E-state index contributed by atoms with van der Waals surface area (Å²) in [5, 5.41) is 16.6. The van der Waals surface area contributed by atoms with Crippen LogP contribution in [-0.4, -0.2) is 0 Å². The van der Waals surface area contributed by atoms with Gasteiger partial charge in [0.1, 0.15) is 23.0 Å². The zero-order valence-electron chi connectivity index (χ0n) is 9.96. The van der Waals surface area contributed by atoms with Crippen molar-refractivity contribution < 1.29 is 18.3 Å². The Kier molecular flexibility index (Phi) is 4.09. The van der Waals surface area contributed by atoms with Crippen molar-refractivity contribution in [2.24, 2.45) is 0 Å². The molecule has 0 unspecified atom stereocenters. The van der Waals surface area contributed by atoms with Crippen molar-refractivity contribution >= 4 is 0 Å². The van der Waals surface area contributed by atoms with Crippen molar-refractivity contribution in [2.45, 2.75) is 19.6 Å². The summed E-state index contributed by atoms with van der Waals surface area (Å²) in [6.07, 6.45) is 3.64. The van der Waals surface area contributed by atoms with Gasteiger partial charge < -0.3 is 18.3 Å². The molecule has 0 aliphatic heterocycles. The summed E-state index contributed by atoms with van der Waals surface area (Å²) < 4.78 is 20.1. The first-order valence-corrected chi connectivity index (χ1v) is 5.48. The Morgan fingerprint density at radius 3 is 1.63 bits per heavy atom. The van der Waals surface area contributed by atoms with Crippen LogP contribution in [0.3, 0.4) is 0 Å².